The molecule has 0 saturated heterocycles. The van der Waals surface area contributed by atoms with Crippen molar-refractivity contribution < 1.29 is 5.21 Å². The van der Waals surface area contributed by atoms with Crippen LogP contribution in [0.4, 0.5) is 0 Å². The largest absolute Gasteiger partial charge is 0.409 e. The van der Waals surface area contributed by atoms with Gasteiger partial charge in [0.1, 0.15) is 0 Å². The van der Waals surface area contributed by atoms with E-state index in [1.165, 1.54) is 5.56 Å². The van der Waals surface area contributed by atoms with Crippen LogP contribution in [0.15, 0.2) is 41.7 Å². The number of aromatic nitrogens is 2. The average molecular weight is 244 g/mol. The van der Waals surface area contributed by atoms with Gasteiger partial charge in [-0.3, -0.25) is 4.68 Å². The van der Waals surface area contributed by atoms with E-state index in [9.17, 15) is 0 Å². The lowest BCUT2D eigenvalue weighted by atomic mass is 10.1. The molecule has 1 aromatic carbocycles. The molecule has 0 radical (unpaired) electrons. The maximum absolute atomic E-state index is 8.66. The summed E-state index contributed by atoms with van der Waals surface area (Å²) in [6.45, 7) is 2.61. The number of aryl methyl sites for hydroxylation is 3. The molecule has 1 heterocycles. The predicted octanol–water partition coefficient (Wildman–Crippen LogP) is 1.53. The van der Waals surface area contributed by atoms with Crippen LogP contribution in [-0.4, -0.2) is 20.8 Å². The molecule has 18 heavy (non-hydrogen) atoms. The van der Waals surface area contributed by atoms with E-state index >= 15 is 0 Å². The van der Waals surface area contributed by atoms with Crippen LogP contribution in [-0.2, 0) is 13.0 Å². The van der Waals surface area contributed by atoms with E-state index in [4.69, 9.17) is 10.9 Å². The topological polar surface area (TPSA) is 76.4 Å². The Morgan fingerprint density at radius 1 is 1.39 bits per heavy atom. The van der Waals surface area contributed by atoms with Crippen LogP contribution in [0.25, 0.3) is 0 Å². The number of benzene rings is 1. The van der Waals surface area contributed by atoms with Gasteiger partial charge >= 0.3 is 0 Å². The second-order valence-electron chi connectivity index (χ2n) is 4.11. The Labute approximate surface area is 106 Å². The first-order valence-electron chi connectivity index (χ1n) is 5.76. The fourth-order valence-corrected chi connectivity index (χ4v) is 1.83. The van der Waals surface area contributed by atoms with E-state index in [0.29, 0.717) is 5.56 Å². The highest BCUT2D eigenvalue weighted by Crippen LogP contribution is 2.07. The Balaban J connectivity index is 2.07. The van der Waals surface area contributed by atoms with Crippen LogP contribution in [0, 0.1) is 6.92 Å². The molecule has 0 bridgehead atoms. The second-order valence-corrected chi connectivity index (χ2v) is 4.11. The summed E-state index contributed by atoms with van der Waals surface area (Å²) in [5.74, 6) is 0.0958. The number of hydrogen-bond donors (Lipinski definition) is 2. The van der Waals surface area contributed by atoms with Crippen molar-refractivity contribution in [2.45, 2.75) is 19.9 Å². The zero-order valence-corrected chi connectivity index (χ0v) is 10.2. The monoisotopic (exact) mass is 244 g/mol. The lowest BCUT2D eigenvalue weighted by molar-refractivity contribution is 0.318. The van der Waals surface area contributed by atoms with E-state index < -0.39 is 0 Å². The molecule has 5 nitrogen and oxygen atoms in total. The molecule has 0 spiro atoms. The van der Waals surface area contributed by atoms with Gasteiger partial charge in [0.05, 0.1) is 11.3 Å². The third-order valence-electron chi connectivity index (χ3n) is 2.80. The molecule has 0 aliphatic rings. The van der Waals surface area contributed by atoms with Crippen LogP contribution in [0.2, 0.25) is 0 Å². The van der Waals surface area contributed by atoms with Crippen molar-refractivity contribution in [2.24, 2.45) is 10.9 Å². The second kappa shape index (κ2) is 5.35. The van der Waals surface area contributed by atoms with Crippen molar-refractivity contribution in [3.63, 3.8) is 0 Å². The zero-order chi connectivity index (χ0) is 13.0. The Bertz CT molecular complexity index is 545. The Morgan fingerprint density at radius 2 is 2.11 bits per heavy atom. The van der Waals surface area contributed by atoms with Crippen LogP contribution in [0.1, 0.15) is 16.8 Å². The summed E-state index contributed by atoms with van der Waals surface area (Å²) in [6, 6.07) is 10.2. The summed E-state index contributed by atoms with van der Waals surface area (Å²) in [5, 5.41) is 16.0. The van der Waals surface area contributed by atoms with E-state index in [0.717, 1.165) is 18.7 Å². The molecule has 5 heteroatoms. The number of nitrogens with two attached hydrogens (primary N) is 1. The quantitative estimate of drug-likeness (QED) is 0.370. The Hall–Kier alpha value is -2.30. The summed E-state index contributed by atoms with van der Waals surface area (Å²) in [6.07, 6.45) is 2.70. The van der Waals surface area contributed by atoms with Gasteiger partial charge in [-0.05, 0) is 18.9 Å². The zero-order valence-electron chi connectivity index (χ0n) is 10.2. The van der Waals surface area contributed by atoms with Crippen molar-refractivity contribution in [2.75, 3.05) is 0 Å². The van der Waals surface area contributed by atoms with Gasteiger partial charge in [-0.15, -0.1) is 0 Å². The van der Waals surface area contributed by atoms with Gasteiger partial charge < -0.3 is 10.9 Å². The minimum atomic E-state index is 0.0958. The lowest BCUT2D eigenvalue weighted by Crippen LogP contribution is -2.13. The van der Waals surface area contributed by atoms with Gasteiger partial charge in [-0.2, -0.15) is 5.10 Å². The number of oxime groups is 1. The standard InChI is InChI=1S/C13H16N4O/c1-10-12(13(14)16-18)9-17(15-10)8-7-11-5-3-2-4-6-11/h2-6,9,18H,7-8H2,1H3,(H2,14,16). The highest BCUT2D eigenvalue weighted by molar-refractivity contribution is 5.97. The fourth-order valence-electron chi connectivity index (χ4n) is 1.83. The molecule has 0 amide bonds. The van der Waals surface area contributed by atoms with E-state index in [1.54, 1.807) is 6.20 Å². The van der Waals surface area contributed by atoms with Gasteiger partial charge in [0.2, 0.25) is 0 Å². The Morgan fingerprint density at radius 3 is 2.78 bits per heavy atom. The molecule has 0 aliphatic carbocycles. The van der Waals surface area contributed by atoms with Gasteiger partial charge in [-0.25, -0.2) is 0 Å². The minimum Gasteiger partial charge on any atom is -0.409 e. The van der Waals surface area contributed by atoms with Gasteiger partial charge in [0.15, 0.2) is 5.84 Å². The summed E-state index contributed by atoms with van der Waals surface area (Å²) in [5.41, 5.74) is 8.26. The third-order valence-corrected chi connectivity index (χ3v) is 2.80. The van der Waals surface area contributed by atoms with Gasteiger partial charge in [0.25, 0.3) is 0 Å². The van der Waals surface area contributed by atoms with Crippen LogP contribution in [0.5, 0.6) is 0 Å². The van der Waals surface area contributed by atoms with Crippen molar-refractivity contribution in [3.8, 4) is 0 Å². The molecule has 1 aromatic heterocycles. The molecular weight excluding hydrogens is 228 g/mol. The van der Waals surface area contributed by atoms with E-state index in [-0.39, 0.29) is 5.84 Å². The summed E-state index contributed by atoms with van der Waals surface area (Å²) in [7, 11) is 0. The van der Waals surface area contributed by atoms with E-state index in [2.05, 4.69) is 22.4 Å². The average Bonchev–Trinajstić information content (AvgIpc) is 2.78. The Kier molecular flexibility index (Phi) is 3.62. The first kappa shape index (κ1) is 12.2. The number of nitrogens with zero attached hydrogens (tertiary/aromatic N) is 3. The lowest BCUT2D eigenvalue weighted by Gasteiger charge is -2.01. The molecule has 0 aliphatic heterocycles. The van der Waals surface area contributed by atoms with Crippen LogP contribution < -0.4 is 5.73 Å². The fraction of sp³-hybridized carbons (Fsp3) is 0.231. The minimum absolute atomic E-state index is 0.0958. The molecule has 0 saturated carbocycles. The van der Waals surface area contributed by atoms with Crippen molar-refractivity contribution in [1.29, 1.82) is 0 Å². The summed E-state index contributed by atoms with van der Waals surface area (Å²) < 4.78 is 1.82. The molecule has 94 valence electrons. The summed E-state index contributed by atoms with van der Waals surface area (Å²) >= 11 is 0. The van der Waals surface area contributed by atoms with Crippen LogP contribution >= 0.6 is 0 Å². The molecule has 2 aromatic rings. The number of rotatable bonds is 4. The highest BCUT2D eigenvalue weighted by Gasteiger charge is 2.08. The SMILES string of the molecule is Cc1nn(CCc2ccccc2)cc1C(N)=NO. The van der Waals surface area contributed by atoms with Crippen LogP contribution in [0.3, 0.4) is 0 Å². The third kappa shape index (κ3) is 2.68. The summed E-state index contributed by atoms with van der Waals surface area (Å²) in [4.78, 5) is 0. The smallest absolute Gasteiger partial charge is 0.173 e. The first-order valence-corrected chi connectivity index (χ1v) is 5.76. The number of amidine groups is 1. The van der Waals surface area contributed by atoms with Crippen molar-refractivity contribution in [3.05, 3.63) is 53.3 Å². The molecule has 0 fully saturated rings. The number of hydrogen-bond acceptors (Lipinski definition) is 3. The van der Waals surface area contributed by atoms with Gasteiger partial charge in [0, 0.05) is 12.7 Å². The molecule has 3 N–H and O–H groups in total. The molecule has 0 atom stereocenters. The maximum Gasteiger partial charge on any atom is 0.173 e. The predicted molar refractivity (Wildman–Crippen MR) is 69.6 cm³/mol. The first-order chi connectivity index (χ1) is 8.70. The highest BCUT2D eigenvalue weighted by atomic mass is 16.4. The molecule has 2 rings (SSSR count). The van der Waals surface area contributed by atoms with Crippen molar-refractivity contribution in [1.82, 2.24) is 9.78 Å². The normalized spacial score (nSPS) is 11.7. The molecule has 0 unspecified atom stereocenters. The maximum atomic E-state index is 8.66. The van der Waals surface area contributed by atoms with E-state index in [1.807, 2.05) is 29.8 Å². The molecular formula is C13H16N4O. The van der Waals surface area contributed by atoms with Crippen molar-refractivity contribution >= 4 is 5.84 Å². The van der Waals surface area contributed by atoms with Gasteiger partial charge in [-0.1, -0.05) is 35.5 Å².